The molecule has 0 aromatic heterocycles. The molecule has 0 aliphatic heterocycles. The molecule has 0 unspecified atom stereocenters. The van der Waals surface area contributed by atoms with Gasteiger partial charge in [-0.1, -0.05) is 134 Å². The molecular formula is C24H26. The predicted molar refractivity (Wildman–Crippen MR) is 110 cm³/mol. The normalized spacial score (nSPS) is 30.0. The third-order valence-corrected chi connectivity index (χ3v) is 2.88. The number of allylic oxidation sites excluding steroid dienone is 22. The van der Waals surface area contributed by atoms with Gasteiger partial charge >= 0.3 is 0 Å². The maximum absolute atomic E-state index is 2.18. The lowest BCUT2D eigenvalue weighted by molar-refractivity contribution is 1.05. The summed E-state index contributed by atoms with van der Waals surface area (Å²) >= 11 is 0. The standard InChI is InChI=1S/C24H26/c1-2-4-6-8-10-12-14-16-18-20-22-24-23-21-19-17-15-13-11-9-7-5-3-1/h1-22H,23-24H2/b2-1+,5-3-,6-4+,9-7+,10-8+,13-11+,14-12-,17-15+,18-16+,21-19-,22-20?. The van der Waals surface area contributed by atoms with Crippen molar-refractivity contribution in [2.75, 3.05) is 0 Å². The van der Waals surface area contributed by atoms with E-state index in [1.54, 1.807) is 0 Å². The molecule has 0 atom stereocenters. The Bertz CT molecular complexity index is 565. The lowest BCUT2D eigenvalue weighted by atomic mass is 10.2. The van der Waals surface area contributed by atoms with E-state index in [1.165, 1.54) is 0 Å². The van der Waals surface area contributed by atoms with Gasteiger partial charge in [-0.05, 0) is 12.8 Å². The molecule has 0 bridgehead atoms. The Morgan fingerprint density at radius 2 is 0.375 bits per heavy atom. The third-order valence-electron chi connectivity index (χ3n) is 2.88. The van der Waals surface area contributed by atoms with Gasteiger partial charge in [0, 0.05) is 0 Å². The molecule has 24 heavy (non-hydrogen) atoms. The summed E-state index contributed by atoms with van der Waals surface area (Å²) in [6.07, 6.45) is 47.0. The average molecular weight is 314 g/mol. The van der Waals surface area contributed by atoms with Crippen LogP contribution in [-0.4, -0.2) is 0 Å². The van der Waals surface area contributed by atoms with Gasteiger partial charge in [0.2, 0.25) is 0 Å². The van der Waals surface area contributed by atoms with E-state index in [2.05, 4.69) is 36.5 Å². The minimum Gasteiger partial charge on any atom is -0.0842 e. The van der Waals surface area contributed by atoms with Gasteiger partial charge < -0.3 is 0 Å². The van der Waals surface area contributed by atoms with Gasteiger partial charge in [-0.2, -0.15) is 0 Å². The number of rotatable bonds is 0. The zero-order valence-electron chi connectivity index (χ0n) is 14.1. The van der Waals surface area contributed by atoms with Gasteiger partial charge in [0.1, 0.15) is 0 Å². The topological polar surface area (TPSA) is 0 Å². The molecule has 0 fully saturated rings. The van der Waals surface area contributed by atoms with Crippen LogP contribution >= 0.6 is 0 Å². The molecule has 0 amide bonds. The van der Waals surface area contributed by atoms with Crippen LogP contribution in [-0.2, 0) is 0 Å². The molecule has 0 saturated carbocycles. The highest BCUT2D eigenvalue weighted by Crippen LogP contribution is 1.94. The molecule has 0 nitrogen and oxygen atoms in total. The molecule has 1 aliphatic rings. The maximum Gasteiger partial charge on any atom is -0.0313 e. The fraction of sp³-hybridized carbons (Fsp3) is 0.0833. The molecule has 122 valence electrons. The highest BCUT2D eigenvalue weighted by Gasteiger charge is 1.74. The van der Waals surface area contributed by atoms with Crippen LogP contribution in [0.1, 0.15) is 12.8 Å². The Morgan fingerprint density at radius 1 is 0.208 bits per heavy atom. The van der Waals surface area contributed by atoms with Crippen molar-refractivity contribution in [3.63, 3.8) is 0 Å². The monoisotopic (exact) mass is 314 g/mol. The molecule has 0 spiro atoms. The second-order valence-corrected chi connectivity index (χ2v) is 4.90. The molecule has 0 radical (unpaired) electrons. The van der Waals surface area contributed by atoms with E-state index in [0.29, 0.717) is 0 Å². The lowest BCUT2D eigenvalue weighted by Crippen LogP contribution is -1.63. The molecule has 1 rings (SSSR count). The highest BCUT2D eigenvalue weighted by atomic mass is 13.8. The molecule has 1 aliphatic carbocycles. The van der Waals surface area contributed by atoms with Crippen LogP contribution in [0.5, 0.6) is 0 Å². The lowest BCUT2D eigenvalue weighted by Gasteiger charge is -1.84. The molecule has 0 saturated heterocycles. The summed E-state index contributed by atoms with van der Waals surface area (Å²) in [5.41, 5.74) is 0. The first-order valence-corrected chi connectivity index (χ1v) is 8.32. The maximum atomic E-state index is 2.18. The molecular weight excluding hydrogens is 288 g/mol. The summed E-state index contributed by atoms with van der Waals surface area (Å²) in [7, 11) is 0. The van der Waals surface area contributed by atoms with E-state index in [-0.39, 0.29) is 0 Å². The summed E-state index contributed by atoms with van der Waals surface area (Å²) in [5.74, 6) is 0. The fourth-order valence-electron chi connectivity index (χ4n) is 1.70. The van der Waals surface area contributed by atoms with Crippen LogP contribution < -0.4 is 0 Å². The van der Waals surface area contributed by atoms with Crippen LogP contribution in [0.4, 0.5) is 0 Å². The first-order chi connectivity index (χ1) is 12.0. The fourth-order valence-corrected chi connectivity index (χ4v) is 1.70. The van der Waals surface area contributed by atoms with Crippen LogP contribution in [0.25, 0.3) is 0 Å². The highest BCUT2D eigenvalue weighted by molar-refractivity contribution is 5.22. The van der Waals surface area contributed by atoms with Crippen molar-refractivity contribution in [1.82, 2.24) is 0 Å². The smallest absolute Gasteiger partial charge is 0.0313 e. The zero-order valence-corrected chi connectivity index (χ0v) is 14.1. The summed E-state index contributed by atoms with van der Waals surface area (Å²) in [4.78, 5) is 0. The zero-order chi connectivity index (χ0) is 17.0. The summed E-state index contributed by atoms with van der Waals surface area (Å²) < 4.78 is 0. The van der Waals surface area contributed by atoms with E-state index >= 15 is 0 Å². The number of hydrogen-bond donors (Lipinski definition) is 0. The first kappa shape index (κ1) is 19.2. The van der Waals surface area contributed by atoms with Crippen LogP contribution in [0.3, 0.4) is 0 Å². The van der Waals surface area contributed by atoms with E-state index in [4.69, 9.17) is 0 Å². The Balaban J connectivity index is 2.60. The quantitative estimate of drug-likeness (QED) is 0.456. The van der Waals surface area contributed by atoms with Crippen LogP contribution in [0, 0.1) is 0 Å². The van der Waals surface area contributed by atoms with E-state index in [9.17, 15) is 0 Å². The van der Waals surface area contributed by atoms with Gasteiger partial charge in [0.05, 0.1) is 0 Å². The van der Waals surface area contributed by atoms with Crippen LogP contribution in [0.2, 0.25) is 0 Å². The summed E-state index contributed by atoms with van der Waals surface area (Å²) in [6, 6.07) is 0. The van der Waals surface area contributed by atoms with Crippen LogP contribution in [0.15, 0.2) is 134 Å². The van der Waals surface area contributed by atoms with Crippen molar-refractivity contribution < 1.29 is 0 Å². The Labute approximate surface area is 147 Å². The van der Waals surface area contributed by atoms with Crippen molar-refractivity contribution in [2.45, 2.75) is 12.8 Å². The Hall–Kier alpha value is -2.86. The van der Waals surface area contributed by atoms with Crippen molar-refractivity contribution >= 4 is 0 Å². The van der Waals surface area contributed by atoms with E-state index in [1.807, 2.05) is 97.2 Å². The second kappa shape index (κ2) is 16.5. The third kappa shape index (κ3) is 14.1. The molecule has 0 aromatic carbocycles. The van der Waals surface area contributed by atoms with Gasteiger partial charge in [-0.3, -0.25) is 0 Å². The average Bonchev–Trinajstić information content (AvgIpc) is 2.59. The molecule has 0 aromatic rings. The Kier molecular flexibility index (Phi) is 13.2. The Morgan fingerprint density at radius 3 is 0.583 bits per heavy atom. The van der Waals surface area contributed by atoms with E-state index < -0.39 is 0 Å². The van der Waals surface area contributed by atoms with Gasteiger partial charge in [-0.25, -0.2) is 0 Å². The van der Waals surface area contributed by atoms with E-state index in [0.717, 1.165) is 12.8 Å². The van der Waals surface area contributed by atoms with Crippen molar-refractivity contribution in [3.8, 4) is 0 Å². The van der Waals surface area contributed by atoms with Gasteiger partial charge in [0.25, 0.3) is 0 Å². The largest absolute Gasteiger partial charge is 0.0842 e. The molecule has 0 N–H and O–H groups in total. The van der Waals surface area contributed by atoms with Gasteiger partial charge in [0.15, 0.2) is 0 Å². The van der Waals surface area contributed by atoms with Gasteiger partial charge in [-0.15, -0.1) is 0 Å². The van der Waals surface area contributed by atoms with Crippen molar-refractivity contribution in [3.05, 3.63) is 134 Å². The summed E-state index contributed by atoms with van der Waals surface area (Å²) in [6.45, 7) is 0. The second-order valence-electron chi connectivity index (χ2n) is 4.90. The van der Waals surface area contributed by atoms with Crippen molar-refractivity contribution in [1.29, 1.82) is 0 Å². The summed E-state index contributed by atoms with van der Waals surface area (Å²) in [5, 5.41) is 0. The minimum atomic E-state index is 1.06. The molecule has 0 heteroatoms. The SMILES string of the molecule is C1=CCC\C=C/C=C/C=C/C=C/C=C\C=C\C=C\C=C\C=C/C=C/1. The minimum absolute atomic E-state index is 1.06. The number of hydrogen-bond acceptors (Lipinski definition) is 0. The molecule has 0 heterocycles. The predicted octanol–water partition coefficient (Wildman–Crippen LogP) is 6.90. The first-order valence-electron chi connectivity index (χ1n) is 8.32. The van der Waals surface area contributed by atoms with Crippen molar-refractivity contribution in [2.24, 2.45) is 0 Å².